The molecule has 1 aliphatic rings. The van der Waals surface area contributed by atoms with E-state index in [1.165, 1.54) is 10.8 Å². The van der Waals surface area contributed by atoms with Crippen molar-refractivity contribution in [2.75, 3.05) is 20.8 Å². The fourth-order valence-corrected chi connectivity index (χ4v) is 7.18. The Hall–Kier alpha value is -4.81. The van der Waals surface area contributed by atoms with E-state index in [4.69, 9.17) is 32.5 Å². The number of hydrogen-bond donors (Lipinski definition) is 1. The molecule has 0 bridgehead atoms. The van der Waals surface area contributed by atoms with Crippen LogP contribution in [0.15, 0.2) is 94.6 Å². The van der Waals surface area contributed by atoms with Crippen molar-refractivity contribution >= 4 is 20.5 Å². The fraction of sp³-hybridized carbons (Fsp3) is 0.415. The molecule has 13 nitrogen and oxygen atoms in total. The van der Waals surface area contributed by atoms with E-state index in [0.717, 1.165) is 16.7 Å². The Labute approximate surface area is 321 Å². The molecular weight excluding hydrogens is 727 g/mol. The Morgan fingerprint density at radius 1 is 0.782 bits per heavy atom. The molecule has 0 unspecified atom stereocenters. The Morgan fingerprint density at radius 2 is 1.27 bits per heavy atom. The molecule has 1 N–H and O–H groups in total. The molecule has 1 fully saturated rings. The summed E-state index contributed by atoms with van der Waals surface area (Å²) in [4.78, 5) is 54.0. The van der Waals surface area contributed by atoms with E-state index in [-0.39, 0.29) is 13.0 Å². The summed E-state index contributed by atoms with van der Waals surface area (Å²) in [7, 11) is 0.583. The number of methoxy groups -OCH3 is 2. The molecule has 294 valence electrons. The summed E-state index contributed by atoms with van der Waals surface area (Å²) in [5, 5.41) is 0. The van der Waals surface area contributed by atoms with Gasteiger partial charge in [-0.1, -0.05) is 54.6 Å². The monoisotopic (exact) mass is 776 g/mol. The van der Waals surface area contributed by atoms with Gasteiger partial charge < -0.3 is 28.0 Å². The van der Waals surface area contributed by atoms with Gasteiger partial charge in [0.05, 0.1) is 31.7 Å². The standard InChI is InChI=1S/C41H49N2O11P/c1-26-24-43(38(47)42-35(26)44)34-23-32(52-55(53-36(45)39(2,3)4)54-37(46)40(5,6)7)33(51-34)25-50-41(27-13-11-10-12-14-27,28-15-19-30(48-8)20-16-28)29-17-21-31(49-9)22-18-29/h10-22,24,32-34H,23,25H2,1-9H3,(H,42,44,47)/t32-,33+,34+/m0/s1. The van der Waals surface area contributed by atoms with Crippen LogP contribution < -0.4 is 20.7 Å². The smallest absolute Gasteiger partial charge is 0.467 e. The summed E-state index contributed by atoms with van der Waals surface area (Å²) in [5.74, 6) is 0.0253. The first-order valence-electron chi connectivity index (χ1n) is 17.8. The molecular formula is C41H49N2O11P. The van der Waals surface area contributed by atoms with Gasteiger partial charge in [-0.2, -0.15) is 0 Å². The minimum absolute atomic E-state index is 0.0434. The van der Waals surface area contributed by atoms with Crippen LogP contribution in [0.5, 0.6) is 11.5 Å². The quantitative estimate of drug-likeness (QED) is 0.111. The van der Waals surface area contributed by atoms with Gasteiger partial charge in [-0.05, 0) is 89.4 Å². The Balaban J connectivity index is 1.60. The van der Waals surface area contributed by atoms with E-state index in [2.05, 4.69) is 4.98 Å². The van der Waals surface area contributed by atoms with Crippen molar-refractivity contribution in [3.8, 4) is 11.5 Å². The summed E-state index contributed by atoms with van der Waals surface area (Å²) in [6.07, 6.45) is -1.34. The maximum absolute atomic E-state index is 13.2. The summed E-state index contributed by atoms with van der Waals surface area (Å²) in [5.41, 5.74) is -1.70. The summed E-state index contributed by atoms with van der Waals surface area (Å²) in [6.45, 7) is 11.5. The molecule has 14 heteroatoms. The van der Waals surface area contributed by atoms with Crippen LogP contribution >= 0.6 is 8.60 Å². The summed E-state index contributed by atoms with van der Waals surface area (Å²) in [6, 6.07) is 24.7. The first kappa shape index (κ1) is 41.4. The van der Waals surface area contributed by atoms with Crippen molar-refractivity contribution in [3.05, 3.63) is 128 Å². The number of benzene rings is 3. The van der Waals surface area contributed by atoms with E-state index in [1.54, 1.807) is 62.7 Å². The van der Waals surface area contributed by atoms with Gasteiger partial charge in [0.15, 0.2) is 0 Å². The Kier molecular flexibility index (Phi) is 12.7. The van der Waals surface area contributed by atoms with Gasteiger partial charge >= 0.3 is 26.2 Å². The number of aromatic amines is 1. The van der Waals surface area contributed by atoms with Crippen LogP contribution in [0.25, 0.3) is 0 Å². The topological polar surface area (TPSA) is 154 Å². The van der Waals surface area contributed by atoms with Gasteiger partial charge in [0.1, 0.15) is 35.5 Å². The molecule has 3 aromatic carbocycles. The molecule has 4 aromatic rings. The maximum Gasteiger partial charge on any atom is 0.467 e. The number of hydrogen-bond acceptors (Lipinski definition) is 11. The predicted molar refractivity (Wildman–Crippen MR) is 206 cm³/mol. The van der Waals surface area contributed by atoms with Gasteiger partial charge in [0, 0.05) is 18.2 Å². The van der Waals surface area contributed by atoms with E-state index in [0.29, 0.717) is 17.1 Å². The second-order valence-corrected chi connectivity index (χ2v) is 16.3. The number of carbonyl (C=O) groups is 2. The first-order valence-corrected chi connectivity index (χ1v) is 18.9. The third kappa shape index (κ3) is 9.53. The van der Waals surface area contributed by atoms with E-state index in [9.17, 15) is 19.2 Å². The fourth-order valence-electron chi connectivity index (χ4n) is 5.80. The summed E-state index contributed by atoms with van der Waals surface area (Å²) < 4.78 is 43.7. The second-order valence-electron chi connectivity index (χ2n) is 15.3. The van der Waals surface area contributed by atoms with E-state index < -0.39 is 66.7 Å². The number of nitrogens with zero attached hydrogens (tertiary/aromatic N) is 1. The minimum atomic E-state index is -2.60. The molecule has 3 atom stereocenters. The number of ether oxygens (including phenoxy) is 4. The number of rotatable bonds is 13. The van der Waals surface area contributed by atoms with Crippen LogP contribution in [-0.2, 0) is 38.2 Å². The van der Waals surface area contributed by atoms with Gasteiger partial charge in [-0.3, -0.25) is 28.5 Å². The van der Waals surface area contributed by atoms with Crippen LogP contribution in [0.4, 0.5) is 0 Å². The van der Waals surface area contributed by atoms with Crippen LogP contribution in [0.1, 0.15) is 76.4 Å². The lowest BCUT2D eigenvalue weighted by molar-refractivity contribution is -0.149. The highest BCUT2D eigenvalue weighted by Gasteiger charge is 2.46. The van der Waals surface area contributed by atoms with E-state index >= 15 is 0 Å². The van der Waals surface area contributed by atoms with Crippen molar-refractivity contribution < 1.29 is 42.1 Å². The zero-order valence-electron chi connectivity index (χ0n) is 32.6. The van der Waals surface area contributed by atoms with Crippen LogP contribution in [0, 0.1) is 17.8 Å². The number of aryl methyl sites for hydroxylation is 1. The zero-order valence-corrected chi connectivity index (χ0v) is 33.5. The molecule has 0 saturated carbocycles. The highest BCUT2D eigenvalue weighted by molar-refractivity contribution is 7.43. The molecule has 0 aliphatic carbocycles. The number of carbonyl (C=O) groups excluding carboxylic acids is 2. The van der Waals surface area contributed by atoms with Crippen LogP contribution in [-0.4, -0.2) is 54.5 Å². The zero-order chi connectivity index (χ0) is 40.1. The molecule has 0 spiro atoms. The lowest BCUT2D eigenvalue weighted by Gasteiger charge is -2.37. The van der Waals surface area contributed by atoms with Crippen molar-refractivity contribution in [3.63, 3.8) is 0 Å². The Morgan fingerprint density at radius 3 is 1.75 bits per heavy atom. The van der Waals surface area contributed by atoms with Gasteiger partial charge in [0.2, 0.25) is 0 Å². The highest BCUT2D eigenvalue weighted by Crippen LogP contribution is 2.49. The van der Waals surface area contributed by atoms with Gasteiger partial charge in [0.25, 0.3) is 5.56 Å². The Bertz CT molecular complexity index is 1970. The SMILES string of the molecule is COc1ccc(C(OC[C@H]2O[C@@H](n3cc(C)c(=O)[nH]c3=O)C[C@@H]2OP(OC(=O)C(C)(C)C)OC(=O)C(C)(C)C)(c2ccccc2)c2ccc(OC)cc2)cc1. The summed E-state index contributed by atoms with van der Waals surface area (Å²) >= 11 is 0. The van der Waals surface area contributed by atoms with E-state index in [1.807, 2.05) is 78.9 Å². The lowest BCUT2D eigenvalue weighted by atomic mass is 9.80. The molecule has 1 aliphatic heterocycles. The van der Waals surface area contributed by atoms with Crippen molar-refractivity contribution in [2.24, 2.45) is 10.8 Å². The lowest BCUT2D eigenvalue weighted by Crippen LogP contribution is -2.38. The van der Waals surface area contributed by atoms with Gasteiger partial charge in [-0.15, -0.1) is 0 Å². The normalized spacial score (nSPS) is 17.5. The van der Waals surface area contributed by atoms with Crippen molar-refractivity contribution in [2.45, 2.75) is 78.9 Å². The predicted octanol–water partition coefficient (Wildman–Crippen LogP) is 6.95. The number of H-pyrrole nitrogens is 1. The maximum atomic E-state index is 13.2. The third-order valence-corrected chi connectivity index (χ3v) is 10.1. The minimum Gasteiger partial charge on any atom is -0.497 e. The molecule has 0 amide bonds. The molecule has 0 radical (unpaired) electrons. The van der Waals surface area contributed by atoms with Crippen LogP contribution in [0.2, 0.25) is 0 Å². The van der Waals surface area contributed by atoms with Gasteiger partial charge in [-0.25, -0.2) is 4.79 Å². The molecule has 1 saturated heterocycles. The highest BCUT2D eigenvalue weighted by atomic mass is 31.2. The second kappa shape index (κ2) is 16.9. The first-order chi connectivity index (χ1) is 26.0. The average molecular weight is 777 g/mol. The molecule has 55 heavy (non-hydrogen) atoms. The van der Waals surface area contributed by atoms with Crippen molar-refractivity contribution in [1.82, 2.24) is 9.55 Å². The largest absolute Gasteiger partial charge is 0.497 e. The average Bonchev–Trinajstić information content (AvgIpc) is 3.55. The number of nitrogens with one attached hydrogen (secondary N) is 1. The molecule has 5 rings (SSSR count). The van der Waals surface area contributed by atoms with Crippen molar-refractivity contribution in [1.29, 1.82) is 0 Å². The number of aromatic nitrogens is 2. The van der Waals surface area contributed by atoms with Crippen LogP contribution in [0.3, 0.4) is 0 Å². The molecule has 1 aromatic heterocycles. The molecule has 2 heterocycles. The third-order valence-electron chi connectivity index (χ3n) is 9.04.